The number of hydrogen-bond acceptors (Lipinski definition) is 8. The Morgan fingerprint density at radius 2 is 2.00 bits per heavy atom. The van der Waals surface area contributed by atoms with E-state index in [0.29, 0.717) is 23.0 Å². The molecule has 0 aromatic carbocycles. The van der Waals surface area contributed by atoms with Crippen LogP contribution in [0.5, 0.6) is 0 Å². The van der Waals surface area contributed by atoms with Gasteiger partial charge >= 0.3 is 0 Å². The number of aromatic amines is 1. The predicted octanol–water partition coefficient (Wildman–Crippen LogP) is 1.53. The van der Waals surface area contributed by atoms with E-state index in [1.165, 1.54) is 11.3 Å². The number of H-pyrrole nitrogens is 1. The third-order valence-electron chi connectivity index (χ3n) is 3.56. The summed E-state index contributed by atoms with van der Waals surface area (Å²) in [4.78, 5) is 34.8. The van der Waals surface area contributed by atoms with Gasteiger partial charge < -0.3 is 15.6 Å². The molecule has 0 fully saturated rings. The molecule has 0 bridgehead atoms. The van der Waals surface area contributed by atoms with E-state index in [1.807, 2.05) is 19.5 Å². The Balaban J connectivity index is 2.01. The second-order valence-electron chi connectivity index (χ2n) is 6.02. The summed E-state index contributed by atoms with van der Waals surface area (Å²) in [6.07, 6.45) is 0.285. The van der Waals surface area contributed by atoms with Crippen molar-refractivity contribution in [3.8, 4) is 0 Å². The molecular weight excluding hydrogens is 326 g/mol. The van der Waals surface area contributed by atoms with E-state index >= 15 is 0 Å². The van der Waals surface area contributed by atoms with Gasteiger partial charge in [0.1, 0.15) is 16.5 Å². The summed E-state index contributed by atoms with van der Waals surface area (Å²) in [6.45, 7) is 4.12. The lowest BCUT2D eigenvalue weighted by molar-refractivity contribution is 0.852. The minimum absolute atomic E-state index is 0.130. The van der Waals surface area contributed by atoms with Crippen molar-refractivity contribution in [2.75, 3.05) is 24.7 Å². The van der Waals surface area contributed by atoms with Gasteiger partial charge in [-0.1, -0.05) is 13.8 Å². The van der Waals surface area contributed by atoms with Crippen molar-refractivity contribution in [1.29, 1.82) is 0 Å². The number of anilines is 2. The molecule has 3 heterocycles. The number of fused-ring (bicyclic) bond motifs is 1. The quantitative estimate of drug-likeness (QED) is 0.737. The Hall–Kier alpha value is -2.55. The molecule has 3 aromatic heterocycles. The van der Waals surface area contributed by atoms with Crippen LogP contribution in [0.3, 0.4) is 0 Å². The third-order valence-corrected chi connectivity index (χ3v) is 4.45. The van der Waals surface area contributed by atoms with Crippen LogP contribution in [-0.4, -0.2) is 39.0 Å². The minimum Gasteiger partial charge on any atom is -0.368 e. The average Bonchev–Trinajstić information content (AvgIpc) is 2.91. The topological polar surface area (TPSA) is 114 Å². The molecule has 3 aromatic rings. The van der Waals surface area contributed by atoms with Crippen LogP contribution in [0.2, 0.25) is 0 Å². The maximum atomic E-state index is 12.4. The summed E-state index contributed by atoms with van der Waals surface area (Å²) in [5.41, 5.74) is 6.62. The van der Waals surface area contributed by atoms with E-state index in [-0.39, 0.29) is 23.8 Å². The lowest BCUT2D eigenvalue weighted by Gasteiger charge is -2.11. The fourth-order valence-corrected chi connectivity index (χ4v) is 3.50. The molecule has 0 saturated carbocycles. The summed E-state index contributed by atoms with van der Waals surface area (Å²) in [5.74, 6) is 1.87. The Morgan fingerprint density at radius 1 is 1.25 bits per heavy atom. The van der Waals surface area contributed by atoms with Gasteiger partial charge in [-0.2, -0.15) is 15.0 Å². The highest BCUT2D eigenvalue weighted by molar-refractivity contribution is 7.16. The Kier molecular flexibility index (Phi) is 4.18. The van der Waals surface area contributed by atoms with Crippen molar-refractivity contribution < 1.29 is 0 Å². The standard InChI is InChI=1S/C15H19N7OS/c1-7(2)8-6-24-13-11(8)12(23)17-9(18-13)5-10-19-14(16)21-15(20-10)22(3)4/h6-7H,5H2,1-4H3,(H,17,18,23)(H2,16,19,20,21). The number of nitrogens with two attached hydrogens (primary N) is 1. The normalized spacial score (nSPS) is 11.4. The molecule has 0 spiro atoms. The molecule has 0 atom stereocenters. The number of thiophene rings is 1. The number of hydrogen-bond donors (Lipinski definition) is 2. The largest absolute Gasteiger partial charge is 0.368 e. The van der Waals surface area contributed by atoms with Gasteiger partial charge in [0.25, 0.3) is 5.56 Å². The van der Waals surface area contributed by atoms with Crippen molar-refractivity contribution in [3.63, 3.8) is 0 Å². The van der Waals surface area contributed by atoms with Crippen LogP contribution in [-0.2, 0) is 6.42 Å². The summed E-state index contributed by atoms with van der Waals surface area (Å²) in [5, 5.41) is 2.66. The van der Waals surface area contributed by atoms with E-state index in [2.05, 4.69) is 38.8 Å². The van der Waals surface area contributed by atoms with Crippen LogP contribution in [0.1, 0.15) is 37.0 Å². The minimum atomic E-state index is -0.130. The van der Waals surface area contributed by atoms with E-state index in [9.17, 15) is 4.79 Å². The van der Waals surface area contributed by atoms with Crippen LogP contribution < -0.4 is 16.2 Å². The predicted molar refractivity (Wildman–Crippen MR) is 95.7 cm³/mol. The number of aromatic nitrogens is 5. The van der Waals surface area contributed by atoms with Crippen molar-refractivity contribution >= 4 is 33.5 Å². The monoisotopic (exact) mass is 345 g/mol. The van der Waals surface area contributed by atoms with E-state index in [0.717, 1.165) is 10.4 Å². The number of nitrogens with zero attached hydrogens (tertiary/aromatic N) is 5. The zero-order valence-corrected chi connectivity index (χ0v) is 14.8. The highest BCUT2D eigenvalue weighted by atomic mass is 32.1. The highest BCUT2D eigenvalue weighted by Gasteiger charge is 2.15. The molecule has 3 N–H and O–H groups in total. The van der Waals surface area contributed by atoms with Gasteiger partial charge in [-0.25, -0.2) is 4.98 Å². The Morgan fingerprint density at radius 3 is 2.67 bits per heavy atom. The van der Waals surface area contributed by atoms with Crippen LogP contribution in [0.25, 0.3) is 10.2 Å². The van der Waals surface area contributed by atoms with Gasteiger partial charge in [0, 0.05) is 14.1 Å². The van der Waals surface area contributed by atoms with Crippen molar-refractivity contribution in [3.05, 3.63) is 32.9 Å². The van der Waals surface area contributed by atoms with E-state index in [4.69, 9.17) is 5.73 Å². The van der Waals surface area contributed by atoms with Gasteiger partial charge in [-0.15, -0.1) is 11.3 Å². The zero-order chi connectivity index (χ0) is 17.4. The van der Waals surface area contributed by atoms with Gasteiger partial charge in [-0.3, -0.25) is 4.79 Å². The number of nitrogens with one attached hydrogen (secondary N) is 1. The second kappa shape index (κ2) is 6.16. The lowest BCUT2D eigenvalue weighted by atomic mass is 10.0. The molecule has 0 saturated heterocycles. The second-order valence-corrected chi connectivity index (χ2v) is 6.88. The zero-order valence-electron chi connectivity index (χ0n) is 14.0. The molecule has 8 nitrogen and oxygen atoms in total. The first-order chi connectivity index (χ1) is 11.3. The van der Waals surface area contributed by atoms with Crippen LogP contribution >= 0.6 is 11.3 Å². The summed E-state index contributed by atoms with van der Waals surface area (Å²) in [7, 11) is 3.65. The molecule has 9 heteroatoms. The van der Waals surface area contributed by atoms with Gasteiger partial charge in [0.15, 0.2) is 0 Å². The SMILES string of the molecule is CC(C)c1csc2nc(Cc3nc(N)nc(N(C)C)n3)[nH]c(=O)c12. The third kappa shape index (κ3) is 3.07. The Bertz CT molecular complexity index is 945. The summed E-state index contributed by atoms with van der Waals surface area (Å²) < 4.78 is 0. The molecule has 126 valence electrons. The molecule has 0 radical (unpaired) electrons. The molecule has 0 aliphatic carbocycles. The molecule has 3 rings (SSSR count). The van der Waals surface area contributed by atoms with Crippen LogP contribution in [0, 0.1) is 0 Å². The van der Waals surface area contributed by atoms with E-state index < -0.39 is 0 Å². The maximum Gasteiger partial charge on any atom is 0.259 e. The van der Waals surface area contributed by atoms with Crippen molar-refractivity contribution in [2.45, 2.75) is 26.2 Å². The molecule has 0 aliphatic rings. The first-order valence-corrected chi connectivity index (χ1v) is 8.41. The number of nitrogen functional groups attached to an aromatic ring is 1. The average molecular weight is 345 g/mol. The number of rotatable bonds is 4. The molecule has 0 unspecified atom stereocenters. The fourth-order valence-electron chi connectivity index (χ4n) is 2.38. The van der Waals surface area contributed by atoms with Crippen molar-refractivity contribution in [1.82, 2.24) is 24.9 Å². The maximum absolute atomic E-state index is 12.4. The first-order valence-electron chi connectivity index (χ1n) is 7.53. The highest BCUT2D eigenvalue weighted by Crippen LogP contribution is 2.27. The fraction of sp³-hybridized carbons (Fsp3) is 0.400. The molecule has 0 aliphatic heterocycles. The van der Waals surface area contributed by atoms with Gasteiger partial charge in [0.05, 0.1) is 11.8 Å². The molecule has 24 heavy (non-hydrogen) atoms. The van der Waals surface area contributed by atoms with E-state index in [1.54, 1.807) is 4.90 Å². The summed E-state index contributed by atoms with van der Waals surface area (Å²) in [6, 6.07) is 0. The van der Waals surface area contributed by atoms with Gasteiger partial charge in [0.2, 0.25) is 11.9 Å². The molecular formula is C15H19N7OS. The smallest absolute Gasteiger partial charge is 0.259 e. The molecule has 0 amide bonds. The Labute approximate surface area is 142 Å². The first kappa shape index (κ1) is 16.3. The van der Waals surface area contributed by atoms with Gasteiger partial charge in [-0.05, 0) is 16.9 Å². The summed E-state index contributed by atoms with van der Waals surface area (Å²) >= 11 is 1.48. The van der Waals surface area contributed by atoms with Crippen molar-refractivity contribution in [2.24, 2.45) is 0 Å². The van der Waals surface area contributed by atoms with Crippen LogP contribution in [0.4, 0.5) is 11.9 Å². The van der Waals surface area contributed by atoms with Crippen LogP contribution in [0.15, 0.2) is 10.2 Å². The lowest BCUT2D eigenvalue weighted by Crippen LogP contribution is -2.17.